The van der Waals surface area contributed by atoms with Gasteiger partial charge in [-0.25, -0.2) is 8.78 Å². The van der Waals surface area contributed by atoms with Crippen molar-refractivity contribution in [1.29, 1.82) is 0 Å². The van der Waals surface area contributed by atoms with Gasteiger partial charge in [0.2, 0.25) is 5.91 Å². The van der Waals surface area contributed by atoms with E-state index >= 15 is 0 Å². The number of hydrogen-bond acceptors (Lipinski definition) is 3. The summed E-state index contributed by atoms with van der Waals surface area (Å²) >= 11 is 0. The molecule has 1 N–H and O–H groups in total. The smallest absolute Gasteiger partial charge is 0.224 e. The summed E-state index contributed by atoms with van der Waals surface area (Å²) in [6.07, 6.45) is 3.28. The molecule has 1 aromatic carbocycles. The number of aryl methyl sites for hydroxylation is 1. The molecule has 134 valence electrons. The number of amides is 1. The zero-order chi connectivity index (χ0) is 18.5. The van der Waals surface area contributed by atoms with E-state index in [2.05, 4.69) is 15.4 Å². The van der Waals surface area contributed by atoms with Gasteiger partial charge in [0.05, 0.1) is 18.7 Å². The molecular weight excluding hydrogens is 338 g/mol. The van der Waals surface area contributed by atoms with Crippen molar-refractivity contribution >= 4 is 5.91 Å². The fourth-order valence-corrected chi connectivity index (χ4v) is 2.60. The maximum Gasteiger partial charge on any atom is 0.224 e. The highest BCUT2D eigenvalue weighted by Crippen LogP contribution is 2.17. The molecule has 0 aliphatic heterocycles. The molecule has 1 amide bonds. The third-order valence-corrected chi connectivity index (χ3v) is 3.97. The van der Waals surface area contributed by atoms with Crippen molar-refractivity contribution in [3.63, 3.8) is 0 Å². The highest BCUT2D eigenvalue weighted by Gasteiger charge is 2.10. The number of hydrogen-bond donors (Lipinski definition) is 1. The Bertz CT molecular complexity index is 909. The molecule has 0 aliphatic rings. The van der Waals surface area contributed by atoms with Crippen LogP contribution >= 0.6 is 0 Å². The van der Waals surface area contributed by atoms with Gasteiger partial charge in [0.1, 0.15) is 11.6 Å². The van der Waals surface area contributed by atoms with Crippen LogP contribution in [-0.4, -0.2) is 27.2 Å². The standard InChI is InChI=1S/C19H18F2N4O/c1-13-10-18(14-4-6-22-7-5-14)24-25(13)9-8-23-19(26)11-15-2-3-16(20)12-17(15)21/h2-7,10,12H,8-9,11H2,1H3,(H,23,26). The quantitative estimate of drug-likeness (QED) is 0.739. The predicted molar refractivity (Wildman–Crippen MR) is 93.3 cm³/mol. The Hall–Kier alpha value is -3.09. The Morgan fingerprint density at radius 3 is 2.65 bits per heavy atom. The Morgan fingerprint density at radius 2 is 1.92 bits per heavy atom. The Labute approximate surface area is 149 Å². The lowest BCUT2D eigenvalue weighted by Gasteiger charge is -2.08. The lowest BCUT2D eigenvalue weighted by Crippen LogP contribution is -2.29. The molecule has 0 saturated heterocycles. The minimum atomic E-state index is -0.718. The van der Waals surface area contributed by atoms with Gasteiger partial charge in [-0.1, -0.05) is 6.07 Å². The molecule has 0 fully saturated rings. The number of halogens is 2. The van der Waals surface area contributed by atoms with Crippen LogP contribution < -0.4 is 5.32 Å². The molecule has 0 atom stereocenters. The minimum Gasteiger partial charge on any atom is -0.354 e. The number of rotatable bonds is 6. The molecule has 0 bridgehead atoms. The summed E-state index contributed by atoms with van der Waals surface area (Å²) in [6.45, 7) is 2.79. The van der Waals surface area contributed by atoms with Crippen molar-refractivity contribution in [2.24, 2.45) is 0 Å². The van der Waals surface area contributed by atoms with Gasteiger partial charge in [-0.05, 0) is 36.8 Å². The second-order valence-corrected chi connectivity index (χ2v) is 5.89. The molecule has 5 nitrogen and oxygen atoms in total. The van der Waals surface area contributed by atoms with E-state index in [1.165, 1.54) is 6.07 Å². The zero-order valence-electron chi connectivity index (χ0n) is 14.2. The van der Waals surface area contributed by atoms with Crippen LogP contribution in [0.25, 0.3) is 11.3 Å². The van der Waals surface area contributed by atoms with E-state index in [-0.39, 0.29) is 17.9 Å². The maximum absolute atomic E-state index is 13.6. The number of carbonyl (C=O) groups excluding carboxylic acids is 1. The van der Waals surface area contributed by atoms with Gasteiger partial charge in [0.25, 0.3) is 0 Å². The van der Waals surface area contributed by atoms with Crippen LogP contribution in [0.5, 0.6) is 0 Å². The Morgan fingerprint density at radius 1 is 1.15 bits per heavy atom. The van der Waals surface area contributed by atoms with E-state index in [4.69, 9.17) is 0 Å². The molecule has 0 aliphatic carbocycles. The molecule has 0 spiro atoms. The fourth-order valence-electron chi connectivity index (χ4n) is 2.60. The van der Waals surface area contributed by atoms with Crippen molar-refractivity contribution < 1.29 is 13.6 Å². The van der Waals surface area contributed by atoms with E-state index in [1.54, 1.807) is 17.1 Å². The fraction of sp³-hybridized carbons (Fsp3) is 0.211. The number of aromatic nitrogens is 3. The van der Waals surface area contributed by atoms with Crippen molar-refractivity contribution in [1.82, 2.24) is 20.1 Å². The van der Waals surface area contributed by atoms with E-state index in [0.29, 0.717) is 13.1 Å². The van der Waals surface area contributed by atoms with Crippen LogP contribution in [0, 0.1) is 18.6 Å². The minimum absolute atomic E-state index is 0.132. The number of carbonyl (C=O) groups is 1. The normalized spacial score (nSPS) is 10.7. The summed E-state index contributed by atoms with van der Waals surface area (Å²) in [4.78, 5) is 15.9. The first kappa shape index (κ1) is 17.7. The molecule has 26 heavy (non-hydrogen) atoms. The summed E-state index contributed by atoms with van der Waals surface area (Å²) in [7, 11) is 0. The van der Waals surface area contributed by atoms with Crippen LogP contribution in [0.2, 0.25) is 0 Å². The van der Waals surface area contributed by atoms with E-state index in [9.17, 15) is 13.6 Å². The van der Waals surface area contributed by atoms with Crippen molar-refractivity contribution in [3.8, 4) is 11.3 Å². The molecule has 0 unspecified atom stereocenters. The van der Waals surface area contributed by atoms with Crippen LogP contribution in [-0.2, 0) is 17.8 Å². The predicted octanol–water partition coefficient (Wildman–Crippen LogP) is 2.89. The summed E-state index contributed by atoms with van der Waals surface area (Å²) in [5.74, 6) is -1.70. The average molecular weight is 356 g/mol. The molecule has 7 heteroatoms. The van der Waals surface area contributed by atoms with Crippen LogP contribution in [0.4, 0.5) is 8.78 Å². The number of benzene rings is 1. The lowest BCUT2D eigenvalue weighted by atomic mass is 10.1. The number of nitrogens with one attached hydrogen (secondary N) is 1. The molecule has 2 heterocycles. The third kappa shape index (κ3) is 4.30. The van der Waals surface area contributed by atoms with Gasteiger partial charge in [-0.2, -0.15) is 5.10 Å². The third-order valence-electron chi connectivity index (χ3n) is 3.97. The van der Waals surface area contributed by atoms with Crippen molar-refractivity contribution in [2.75, 3.05) is 6.54 Å². The van der Waals surface area contributed by atoms with Crippen LogP contribution in [0.1, 0.15) is 11.3 Å². The second-order valence-electron chi connectivity index (χ2n) is 5.89. The first-order valence-corrected chi connectivity index (χ1v) is 8.18. The molecule has 0 saturated carbocycles. The summed E-state index contributed by atoms with van der Waals surface area (Å²) < 4.78 is 28.3. The highest BCUT2D eigenvalue weighted by atomic mass is 19.1. The van der Waals surface area contributed by atoms with Crippen LogP contribution in [0.3, 0.4) is 0 Å². The molecule has 3 aromatic rings. The SMILES string of the molecule is Cc1cc(-c2ccncc2)nn1CCNC(=O)Cc1ccc(F)cc1F. The number of nitrogens with zero attached hydrogens (tertiary/aromatic N) is 3. The Kier molecular flexibility index (Phi) is 5.36. The van der Waals surface area contributed by atoms with E-state index < -0.39 is 11.6 Å². The van der Waals surface area contributed by atoms with Gasteiger partial charge in [-0.3, -0.25) is 14.5 Å². The summed E-state index contributed by atoms with van der Waals surface area (Å²) in [5, 5.41) is 7.25. The first-order chi connectivity index (χ1) is 12.5. The summed E-state index contributed by atoms with van der Waals surface area (Å²) in [6, 6.07) is 8.92. The lowest BCUT2D eigenvalue weighted by molar-refractivity contribution is -0.120. The second kappa shape index (κ2) is 7.86. The average Bonchev–Trinajstić information content (AvgIpc) is 2.99. The Balaban J connectivity index is 1.55. The molecule has 2 aromatic heterocycles. The van der Waals surface area contributed by atoms with E-state index in [0.717, 1.165) is 29.1 Å². The van der Waals surface area contributed by atoms with Gasteiger partial charge in [-0.15, -0.1) is 0 Å². The highest BCUT2D eigenvalue weighted by molar-refractivity contribution is 5.78. The summed E-state index contributed by atoms with van der Waals surface area (Å²) in [5.41, 5.74) is 2.94. The zero-order valence-corrected chi connectivity index (χ0v) is 14.2. The largest absolute Gasteiger partial charge is 0.354 e. The molecule has 3 rings (SSSR count). The molecule has 0 radical (unpaired) electrons. The topological polar surface area (TPSA) is 59.8 Å². The van der Waals surface area contributed by atoms with Gasteiger partial charge in [0, 0.05) is 36.3 Å². The van der Waals surface area contributed by atoms with E-state index in [1.807, 2.05) is 25.1 Å². The van der Waals surface area contributed by atoms with Crippen LogP contribution in [0.15, 0.2) is 48.8 Å². The van der Waals surface area contributed by atoms with Crippen molar-refractivity contribution in [2.45, 2.75) is 19.9 Å². The molecular formula is C19H18F2N4O. The van der Waals surface area contributed by atoms with Gasteiger partial charge >= 0.3 is 0 Å². The van der Waals surface area contributed by atoms with Gasteiger partial charge < -0.3 is 5.32 Å². The van der Waals surface area contributed by atoms with Crippen molar-refractivity contribution in [3.05, 3.63) is 71.7 Å². The number of pyridine rings is 1. The van der Waals surface area contributed by atoms with Gasteiger partial charge in [0.15, 0.2) is 0 Å². The first-order valence-electron chi connectivity index (χ1n) is 8.18. The monoisotopic (exact) mass is 356 g/mol. The maximum atomic E-state index is 13.6.